The quantitative estimate of drug-likeness (QED) is 0.652. The molecule has 1 aromatic rings. The second-order valence-electron chi connectivity index (χ2n) is 6.24. The van der Waals surface area contributed by atoms with Gasteiger partial charge in [0, 0.05) is 36.6 Å². The van der Waals surface area contributed by atoms with E-state index >= 15 is 0 Å². The first-order valence-corrected chi connectivity index (χ1v) is 10.9. The normalized spacial score (nSPS) is 20.9. The van der Waals surface area contributed by atoms with E-state index in [0.717, 1.165) is 30.9 Å². The molecule has 0 aromatic heterocycles. The van der Waals surface area contributed by atoms with E-state index in [2.05, 4.69) is 15.4 Å². The van der Waals surface area contributed by atoms with Crippen molar-refractivity contribution in [2.24, 2.45) is 0 Å². The SMILES string of the molecule is COc1ccc(S(=O)(=O)NC2CC2)cc1NC(=O)CC1CSCCN1. The van der Waals surface area contributed by atoms with Crippen molar-refractivity contribution in [1.29, 1.82) is 0 Å². The third-order valence-corrected chi connectivity index (χ3v) is 6.73. The highest BCUT2D eigenvalue weighted by molar-refractivity contribution is 7.99. The molecule has 9 heteroatoms. The molecular weight excluding hydrogens is 362 g/mol. The lowest BCUT2D eigenvalue weighted by molar-refractivity contribution is -0.116. The van der Waals surface area contributed by atoms with Crippen LogP contribution >= 0.6 is 11.8 Å². The fourth-order valence-electron chi connectivity index (χ4n) is 2.62. The Morgan fingerprint density at radius 1 is 1.40 bits per heavy atom. The summed E-state index contributed by atoms with van der Waals surface area (Å²) in [4.78, 5) is 12.4. The Balaban J connectivity index is 1.72. The van der Waals surface area contributed by atoms with Crippen molar-refractivity contribution in [2.75, 3.05) is 30.5 Å². The number of nitrogens with one attached hydrogen (secondary N) is 3. The molecule has 7 nitrogen and oxygen atoms in total. The molecule has 1 aromatic carbocycles. The zero-order valence-electron chi connectivity index (χ0n) is 14.1. The summed E-state index contributed by atoms with van der Waals surface area (Å²) < 4.78 is 32.6. The molecule has 25 heavy (non-hydrogen) atoms. The van der Waals surface area contributed by atoms with Crippen LogP contribution in [-0.2, 0) is 14.8 Å². The minimum Gasteiger partial charge on any atom is -0.495 e. The number of thioether (sulfide) groups is 1. The zero-order chi connectivity index (χ0) is 17.9. The number of amides is 1. The molecule has 2 fully saturated rings. The van der Waals surface area contributed by atoms with E-state index in [9.17, 15) is 13.2 Å². The molecular formula is C16H23N3O4S2. The predicted octanol–water partition coefficient (Wildman–Crippen LogP) is 1.17. The summed E-state index contributed by atoms with van der Waals surface area (Å²) in [6.45, 7) is 0.895. The molecule has 2 aliphatic rings. The maximum atomic E-state index is 12.4. The highest BCUT2D eigenvalue weighted by atomic mass is 32.2. The van der Waals surface area contributed by atoms with E-state index in [1.807, 2.05) is 11.8 Å². The molecule has 1 aliphatic carbocycles. The van der Waals surface area contributed by atoms with Crippen LogP contribution in [0.3, 0.4) is 0 Å². The monoisotopic (exact) mass is 385 g/mol. The molecule has 1 atom stereocenters. The van der Waals surface area contributed by atoms with Crippen molar-refractivity contribution in [3.63, 3.8) is 0 Å². The van der Waals surface area contributed by atoms with E-state index in [4.69, 9.17) is 4.74 Å². The standard InChI is InChI=1S/C16H23N3O4S2/c1-23-15-5-4-13(25(21,22)19-11-2-3-11)9-14(15)18-16(20)8-12-10-24-7-6-17-12/h4-5,9,11-12,17,19H,2-3,6-8,10H2,1H3,(H,18,20). The lowest BCUT2D eigenvalue weighted by Gasteiger charge is -2.22. The number of rotatable bonds is 7. The molecule has 1 aliphatic heterocycles. The van der Waals surface area contributed by atoms with Crippen molar-refractivity contribution in [2.45, 2.75) is 36.2 Å². The Morgan fingerprint density at radius 3 is 2.84 bits per heavy atom. The van der Waals surface area contributed by atoms with E-state index in [1.165, 1.54) is 19.2 Å². The lowest BCUT2D eigenvalue weighted by Crippen LogP contribution is -2.39. The van der Waals surface area contributed by atoms with Gasteiger partial charge in [0.15, 0.2) is 0 Å². The number of hydrogen-bond donors (Lipinski definition) is 3. The van der Waals surface area contributed by atoms with Gasteiger partial charge >= 0.3 is 0 Å². The minimum absolute atomic E-state index is 0.0278. The summed E-state index contributed by atoms with van der Waals surface area (Å²) >= 11 is 1.82. The second-order valence-corrected chi connectivity index (χ2v) is 9.10. The summed E-state index contributed by atoms with van der Waals surface area (Å²) in [5.41, 5.74) is 0.370. The van der Waals surface area contributed by atoms with Crippen LogP contribution in [0.4, 0.5) is 5.69 Å². The van der Waals surface area contributed by atoms with Gasteiger partial charge in [-0.2, -0.15) is 11.8 Å². The van der Waals surface area contributed by atoms with Gasteiger partial charge in [-0.05, 0) is 31.0 Å². The van der Waals surface area contributed by atoms with Crippen LogP contribution < -0.4 is 20.1 Å². The van der Waals surface area contributed by atoms with Gasteiger partial charge in [0.1, 0.15) is 5.75 Å². The van der Waals surface area contributed by atoms with Gasteiger partial charge in [-0.3, -0.25) is 4.79 Å². The maximum absolute atomic E-state index is 12.4. The number of methoxy groups -OCH3 is 1. The van der Waals surface area contributed by atoms with Gasteiger partial charge in [0.05, 0.1) is 17.7 Å². The van der Waals surface area contributed by atoms with Crippen molar-refractivity contribution >= 4 is 33.4 Å². The molecule has 1 heterocycles. The van der Waals surface area contributed by atoms with Gasteiger partial charge in [0.2, 0.25) is 15.9 Å². The number of benzene rings is 1. The molecule has 1 saturated carbocycles. The Labute approximate surface area is 152 Å². The molecule has 0 radical (unpaired) electrons. The predicted molar refractivity (Wildman–Crippen MR) is 98.7 cm³/mol. The average Bonchev–Trinajstić information content (AvgIpc) is 3.39. The van der Waals surface area contributed by atoms with Crippen molar-refractivity contribution in [1.82, 2.24) is 10.0 Å². The Morgan fingerprint density at radius 2 is 2.20 bits per heavy atom. The fraction of sp³-hybridized carbons (Fsp3) is 0.562. The molecule has 1 unspecified atom stereocenters. The summed E-state index contributed by atoms with van der Waals surface area (Å²) in [6.07, 6.45) is 2.07. The van der Waals surface area contributed by atoms with Crippen LogP contribution in [0.15, 0.2) is 23.1 Å². The van der Waals surface area contributed by atoms with Crippen LogP contribution in [0.25, 0.3) is 0 Å². The average molecular weight is 386 g/mol. The van der Waals surface area contributed by atoms with Gasteiger partial charge in [-0.25, -0.2) is 13.1 Å². The Bertz CT molecular complexity index is 729. The molecule has 3 rings (SSSR count). The van der Waals surface area contributed by atoms with Crippen molar-refractivity contribution in [3.8, 4) is 5.75 Å². The first kappa shape index (κ1) is 18.5. The van der Waals surface area contributed by atoms with Crippen molar-refractivity contribution < 1.29 is 17.9 Å². The summed E-state index contributed by atoms with van der Waals surface area (Å²) in [5, 5.41) is 6.09. The van der Waals surface area contributed by atoms with Crippen molar-refractivity contribution in [3.05, 3.63) is 18.2 Å². The number of hydrogen-bond acceptors (Lipinski definition) is 6. The molecule has 0 bridgehead atoms. The third kappa shape index (κ3) is 5.10. The summed E-state index contributed by atoms with van der Waals surface area (Å²) in [7, 11) is -2.09. The smallest absolute Gasteiger partial charge is 0.240 e. The van der Waals surface area contributed by atoms with Crippen LogP contribution in [0.5, 0.6) is 5.75 Å². The number of ether oxygens (including phenoxy) is 1. The van der Waals surface area contributed by atoms with Crippen LogP contribution in [0, 0.1) is 0 Å². The summed E-state index contributed by atoms with van der Waals surface area (Å²) in [5.74, 6) is 2.22. The molecule has 3 N–H and O–H groups in total. The fourth-order valence-corrected chi connectivity index (χ4v) is 4.90. The topological polar surface area (TPSA) is 96.5 Å². The first-order valence-electron chi connectivity index (χ1n) is 8.29. The zero-order valence-corrected chi connectivity index (χ0v) is 15.7. The highest BCUT2D eigenvalue weighted by Gasteiger charge is 2.28. The van der Waals surface area contributed by atoms with Gasteiger partial charge in [-0.1, -0.05) is 0 Å². The van der Waals surface area contributed by atoms with Gasteiger partial charge in [-0.15, -0.1) is 0 Å². The Hall–Kier alpha value is -1.29. The van der Waals surface area contributed by atoms with E-state index in [1.54, 1.807) is 6.07 Å². The van der Waals surface area contributed by atoms with Gasteiger partial charge < -0.3 is 15.4 Å². The molecule has 1 amide bonds. The summed E-state index contributed by atoms with van der Waals surface area (Å²) in [6, 6.07) is 4.66. The van der Waals surface area contributed by atoms with E-state index < -0.39 is 10.0 Å². The molecule has 0 spiro atoms. The molecule has 138 valence electrons. The molecule has 1 saturated heterocycles. The van der Waals surface area contributed by atoms with Crippen LogP contribution in [0.1, 0.15) is 19.3 Å². The van der Waals surface area contributed by atoms with E-state index in [-0.39, 0.29) is 22.9 Å². The third-order valence-electron chi connectivity index (χ3n) is 4.08. The lowest BCUT2D eigenvalue weighted by atomic mass is 10.2. The number of sulfonamides is 1. The highest BCUT2D eigenvalue weighted by Crippen LogP contribution is 2.29. The van der Waals surface area contributed by atoms with Crippen LogP contribution in [-0.4, -0.2) is 51.6 Å². The number of carbonyl (C=O) groups is 1. The largest absolute Gasteiger partial charge is 0.495 e. The Kier molecular flexibility index (Phi) is 5.88. The first-order chi connectivity index (χ1) is 12.0. The van der Waals surface area contributed by atoms with Crippen LogP contribution in [0.2, 0.25) is 0 Å². The van der Waals surface area contributed by atoms with E-state index in [0.29, 0.717) is 17.9 Å². The number of anilines is 1. The number of carbonyl (C=O) groups excluding carboxylic acids is 1. The second kappa shape index (κ2) is 7.94. The minimum atomic E-state index is -3.58. The maximum Gasteiger partial charge on any atom is 0.240 e. The van der Waals surface area contributed by atoms with Gasteiger partial charge in [0.25, 0.3) is 0 Å².